The average molecular weight is 322 g/mol. The summed E-state index contributed by atoms with van der Waals surface area (Å²) in [4.78, 5) is 18.0. The van der Waals surface area contributed by atoms with Gasteiger partial charge in [0.05, 0.1) is 12.6 Å². The van der Waals surface area contributed by atoms with E-state index in [2.05, 4.69) is 27.1 Å². The quantitative estimate of drug-likeness (QED) is 0.785. The van der Waals surface area contributed by atoms with Crippen molar-refractivity contribution >= 4 is 16.8 Å². The zero-order chi connectivity index (χ0) is 16.4. The van der Waals surface area contributed by atoms with Gasteiger partial charge in [-0.3, -0.25) is 9.48 Å². The monoisotopic (exact) mass is 322 g/mol. The van der Waals surface area contributed by atoms with Crippen molar-refractivity contribution in [2.24, 2.45) is 0 Å². The first-order chi connectivity index (χ1) is 11.8. The lowest BCUT2D eigenvalue weighted by molar-refractivity contribution is -0.132. The minimum atomic E-state index is 0.259. The van der Waals surface area contributed by atoms with E-state index < -0.39 is 0 Å². The molecule has 1 aliphatic rings. The number of benzene rings is 1. The van der Waals surface area contributed by atoms with Crippen LogP contribution in [0.2, 0.25) is 0 Å². The zero-order valence-corrected chi connectivity index (χ0v) is 13.7. The van der Waals surface area contributed by atoms with E-state index in [9.17, 15) is 4.79 Å². The molecule has 1 atom stereocenters. The molecule has 0 saturated carbocycles. The smallest absolute Gasteiger partial charge is 0.223 e. The number of para-hydroxylation sites is 1. The van der Waals surface area contributed by atoms with Crippen LogP contribution in [0.15, 0.2) is 48.9 Å². The number of carbonyl (C=O) groups is 1. The van der Waals surface area contributed by atoms with Gasteiger partial charge in [0.15, 0.2) is 0 Å². The molecule has 0 bridgehead atoms. The van der Waals surface area contributed by atoms with Gasteiger partial charge in [-0.25, -0.2) is 0 Å². The summed E-state index contributed by atoms with van der Waals surface area (Å²) in [5.74, 6) is 0.259. The van der Waals surface area contributed by atoms with Crippen LogP contribution in [0, 0.1) is 0 Å². The molecule has 1 amide bonds. The minimum absolute atomic E-state index is 0.259. The highest BCUT2D eigenvalue weighted by molar-refractivity contribution is 5.84. The van der Waals surface area contributed by atoms with Gasteiger partial charge >= 0.3 is 0 Å². The third-order valence-corrected chi connectivity index (χ3v) is 4.94. The van der Waals surface area contributed by atoms with E-state index in [4.69, 9.17) is 0 Å². The Bertz CT molecular complexity index is 821. The van der Waals surface area contributed by atoms with Crippen LogP contribution in [0.1, 0.15) is 24.8 Å². The van der Waals surface area contributed by atoms with Crippen LogP contribution >= 0.6 is 0 Å². The lowest BCUT2D eigenvalue weighted by Gasteiger charge is -2.24. The number of hydrogen-bond acceptors (Lipinski definition) is 2. The summed E-state index contributed by atoms with van der Waals surface area (Å²) in [5.41, 5.74) is 2.36. The summed E-state index contributed by atoms with van der Waals surface area (Å²) in [7, 11) is 0. The van der Waals surface area contributed by atoms with Crippen LogP contribution in [-0.4, -0.2) is 38.2 Å². The van der Waals surface area contributed by atoms with E-state index in [0.29, 0.717) is 6.42 Å². The molecular weight excluding hydrogens is 300 g/mol. The molecule has 24 heavy (non-hydrogen) atoms. The number of likely N-dealkylation sites (tertiary alicyclic amines) is 1. The number of rotatable bonds is 5. The molecule has 1 fully saturated rings. The average Bonchev–Trinajstić information content (AvgIpc) is 3.34. The Morgan fingerprint density at radius 2 is 2.21 bits per heavy atom. The maximum Gasteiger partial charge on any atom is 0.223 e. The molecule has 4 rings (SSSR count). The predicted molar refractivity (Wildman–Crippen MR) is 93.6 cm³/mol. The summed E-state index contributed by atoms with van der Waals surface area (Å²) in [5, 5.41) is 5.49. The van der Waals surface area contributed by atoms with Crippen molar-refractivity contribution in [2.45, 2.75) is 38.3 Å². The Labute approximate surface area is 141 Å². The van der Waals surface area contributed by atoms with Crippen LogP contribution in [0.5, 0.6) is 0 Å². The molecule has 2 aromatic heterocycles. The summed E-state index contributed by atoms with van der Waals surface area (Å²) in [6.45, 7) is 1.67. The van der Waals surface area contributed by atoms with Gasteiger partial charge in [-0.15, -0.1) is 0 Å². The Kier molecular flexibility index (Phi) is 4.07. The number of fused-ring (bicyclic) bond motifs is 1. The molecule has 0 radical (unpaired) electrons. The maximum absolute atomic E-state index is 12.7. The van der Waals surface area contributed by atoms with Gasteiger partial charge in [-0.2, -0.15) is 5.10 Å². The predicted octanol–water partition coefficient (Wildman–Crippen LogP) is 2.99. The second-order valence-electron chi connectivity index (χ2n) is 6.47. The highest BCUT2D eigenvalue weighted by Gasteiger charge is 2.28. The number of aromatic amines is 1. The standard InChI is InChI=1S/C19H22N4O/c24-19(9-8-15-13-20-18-7-2-1-6-17(15)18)23-12-3-5-16(23)14-22-11-4-10-21-22/h1-2,4,6-7,10-11,13,16,20H,3,5,8-9,12,14H2/t16-/m1/s1. The Balaban J connectivity index is 1.40. The van der Waals surface area contributed by atoms with Crippen LogP contribution in [0.3, 0.4) is 0 Å². The minimum Gasteiger partial charge on any atom is -0.361 e. The number of nitrogens with zero attached hydrogens (tertiary/aromatic N) is 3. The Morgan fingerprint density at radius 3 is 3.08 bits per heavy atom. The third kappa shape index (κ3) is 2.94. The Hall–Kier alpha value is -2.56. The molecule has 124 valence electrons. The molecule has 0 spiro atoms. The first kappa shape index (κ1) is 15.0. The number of H-pyrrole nitrogens is 1. The summed E-state index contributed by atoms with van der Waals surface area (Å²) < 4.78 is 1.93. The lowest BCUT2D eigenvalue weighted by Crippen LogP contribution is -2.38. The highest BCUT2D eigenvalue weighted by Crippen LogP contribution is 2.22. The Morgan fingerprint density at radius 1 is 1.29 bits per heavy atom. The number of aromatic nitrogens is 3. The van der Waals surface area contributed by atoms with Crippen LogP contribution in [0.25, 0.3) is 10.9 Å². The van der Waals surface area contributed by atoms with Gasteiger partial charge in [-0.1, -0.05) is 18.2 Å². The molecule has 3 heterocycles. The fourth-order valence-corrected chi connectivity index (χ4v) is 3.70. The van der Waals surface area contributed by atoms with Gasteiger partial charge in [0.1, 0.15) is 0 Å². The second-order valence-corrected chi connectivity index (χ2v) is 6.47. The fraction of sp³-hybridized carbons (Fsp3) is 0.368. The van der Waals surface area contributed by atoms with E-state index in [1.165, 1.54) is 10.9 Å². The summed E-state index contributed by atoms with van der Waals surface area (Å²) >= 11 is 0. The van der Waals surface area contributed by atoms with E-state index in [-0.39, 0.29) is 11.9 Å². The second kappa shape index (κ2) is 6.51. The van der Waals surface area contributed by atoms with Gasteiger partial charge in [0.2, 0.25) is 5.91 Å². The molecule has 1 aliphatic heterocycles. The molecule has 0 unspecified atom stereocenters. The van der Waals surface area contributed by atoms with E-state index in [1.807, 2.05) is 35.3 Å². The maximum atomic E-state index is 12.7. The molecule has 3 aromatic rings. The van der Waals surface area contributed by atoms with Crippen molar-refractivity contribution < 1.29 is 4.79 Å². The van der Waals surface area contributed by atoms with Crippen molar-refractivity contribution in [1.29, 1.82) is 0 Å². The third-order valence-electron chi connectivity index (χ3n) is 4.94. The van der Waals surface area contributed by atoms with Crippen molar-refractivity contribution in [3.63, 3.8) is 0 Å². The van der Waals surface area contributed by atoms with Gasteiger partial charge in [0.25, 0.3) is 0 Å². The first-order valence-electron chi connectivity index (χ1n) is 8.63. The van der Waals surface area contributed by atoms with Crippen molar-refractivity contribution in [3.05, 3.63) is 54.5 Å². The number of hydrogen-bond donors (Lipinski definition) is 1. The van der Waals surface area contributed by atoms with Crippen LogP contribution in [-0.2, 0) is 17.8 Å². The molecule has 5 nitrogen and oxygen atoms in total. The van der Waals surface area contributed by atoms with E-state index >= 15 is 0 Å². The molecular formula is C19H22N4O. The summed E-state index contributed by atoms with van der Waals surface area (Å²) in [6, 6.07) is 10.5. The number of nitrogens with one attached hydrogen (secondary N) is 1. The lowest BCUT2D eigenvalue weighted by atomic mass is 10.1. The highest BCUT2D eigenvalue weighted by atomic mass is 16.2. The number of carbonyl (C=O) groups excluding carboxylic acids is 1. The van der Waals surface area contributed by atoms with Gasteiger partial charge in [0, 0.05) is 42.5 Å². The van der Waals surface area contributed by atoms with Gasteiger partial charge < -0.3 is 9.88 Å². The molecule has 5 heteroatoms. The number of aryl methyl sites for hydroxylation is 1. The number of amides is 1. The molecule has 1 aromatic carbocycles. The van der Waals surface area contributed by atoms with Crippen molar-refractivity contribution in [3.8, 4) is 0 Å². The SMILES string of the molecule is O=C(CCc1c[nH]c2ccccc12)N1CCC[C@@H]1Cn1cccn1. The zero-order valence-electron chi connectivity index (χ0n) is 13.7. The van der Waals surface area contributed by atoms with Crippen LogP contribution in [0.4, 0.5) is 0 Å². The normalized spacial score (nSPS) is 17.7. The molecule has 1 N–H and O–H groups in total. The molecule has 0 aliphatic carbocycles. The molecule has 1 saturated heterocycles. The first-order valence-corrected chi connectivity index (χ1v) is 8.63. The van der Waals surface area contributed by atoms with E-state index in [1.54, 1.807) is 6.20 Å². The largest absolute Gasteiger partial charge is 0.361 e. The van der Waals surface area contributed by atoms with Gasteiger partial charge in [-0.05, 0) is 37.0 Å². The topological polar surface area (TPSA) is 53.9 Å². The fourth-order valence-electron chi connectivity index (χ4n) is 3.70. The van der Waals surface area contributed by atoms with Crippen LogP contribution < -0.4 is 0 Å². The van der Waals surface area contributed by atoms with Crippen molar-refractivity contribution in [2.75, 3.05) is 6.54 Å². The van der Waals surface area contributed by atoms with Crippen molar-refractivity contribution in [1.82, 2.24) is 19.7 Å². The summed E-state index contributed by atoms with van der Waals surface area (Å²) in [6.07, 6.45) is 9.29. The van der Waals surface area contributed by atoms with E-state index in [0.717, 1.165) is 37.9 Å².